The number of likely N-dealkylation sites (tertiary alicyclic amines) is 1. The Morgan fingerprint density at radius 1 is 1.14 bits per heavy atom. The monoisotopic (exact) mass is 396 g/mol. The Hall–Kier alpha value is -2.19. The lowest BCUT2D eigenvalue weighted by molar-refractivity contribution is 0.0177. The van der Waals surface area contributed by atoms with Gasteiger partial charge in [-0.2, -0.15) is 0 Å². The molecule has 0 radical (unpaired) electrons. The van der Waals surface area contributed by atoms with E-state index >= 15 is 0 Å². The van der Waals surface area contributed by atoms with Crippen LogP contribution in [0, 0.1) is 5.92 Å². The molecule has 3 fully saturated rings. The number of nitrogens with two attached hydrogens (primary N) is 1. The second-order valence-electron chi connectivity index (χ2n) is 8.58. The molecule has 28 heavy (non-hydrogen) atoms. The number of urea groups is 1. The van der Waals surface area contributed by atoms with E-state index < -0.39 is 0 Å². The lowest BCUT2D eigenvalue weighted by atomic mass is 10.0. The van der Waals surface area contributed by atoms with Gasteiger partial charge in [0.25, 0.3) is 0 Å². The van der Waals surface area contributed by atoms with Crippen LogP contribution < -0.4 is 5.73 Å². The highest BCUT2D eigenvalue weighted by Gasteiger charge is 2.44. The molecule has 0 spiro atoms. The van der Waals surface area contributed by atoms with Gasteiger partial charge in [-0.05, 0) is 25.2 Å². The molecule has 9 nitrogen and oxygen atoms in total. The lowest BCUT2D eigenvalue weighted by Crippen LogP contribution is -2.51. The summed E-state index contributed by atoms with van der Waals surface area (Å²) in [5.74, 6) is 0.281. The smallest absolute Gasteiger partial charge is 0.410 e. The maximum Gasteiger partial charge on any atom is 0.410 e. The summed E-state index contributed by atoms with van der Waals surface area (Å²) in [5.41, 5.74) is 5.47. The fraction of sp³-hybridized carbons (Fsp3) is 0.842. The minimum absolute atomic E-state index is 0.0694. The summed E-state index contributed by atoms with van der Waals surface area (Å²) < 4.78 is 11.0. The van der Waals surface area contributed by atoms with Crippen LogP contribution in [0.5, 0.6) is 0 Å². The van der Waals surface area contributed by atoms with E-state index in [-0.39, 0.29) is 48.4 Å². The standard InChI is InChI=1S/C19H32N4O5/c1-12(2)11-27-18(25)21(3)15-6-7-22(10-15)19(26)28-16-8-13-4-5-14(9-16)23(13)17(20)24/h12-16H,4-11H2,1-3H3,(H2,20,24)/t13?,14?,15-,16?/m1/s1. The molecular formula is C19H32N4O5. The Bertz CT molecular complexity index is 599. The summed E-state index contributed by atoms with van der Waals surface area (Å²) in [7, 11) is 1.71. The van der Waals surface area contributed by atoms with E-state index in [0.717, 1.165) is 12.8 Å². The number of likely N-dealkylation sites (N-methyl/N-ethyl adjacent to an activating group) is 1. The van der Waals surface area contributed by atoms with Crippen molar-refractivity contribution in [1.29, 1.82) is 0 Å². The number of amides is 4. The van der Waals surface area contributed by atoms with Crippen LogP contribution in [0.25, 0.3) is 0 Å². The van der Waals surface area contributed by atoms with Gasteiger partial charge in [0.15, 0.2) is 0 Å². The first-order chi connectivity index (χ1) is 13.3. The van der Waals surface area contributed by atoms with Crippen molar-refractivity contribution in [3.8, 4) is 0 Å². The molecule has 0 saturated carbocycles. The largest absolute Gasteiger partial charge is 0.449 e. The molecule has 0 aromatic carbocycles. The summed E-state index contributed by atoms with van der Waals surface area (Å²) in [6.45, 7) is 5.35. The van der Waals surface area contributed by atoms with Gasteiger partial charge in [-0.15, -0.1) is 0 Å². The predicted octanol–water partition coefficient (Wildman–Crippen LogP) is 2.00. The molecule has 3 saturated heterocycles. The quantitative estimate of drug-likeness (QED) is 0.782. The van der Waals surface area contributed by atoms with Gasteiger partial charge in [-0.1, -0.05) is 13.8 Å². The zero-order chi connectivity index (χ0) is 20.4. The van der Waals surface area contributed by atoms with E-state index in [0.29, 0.717) is 39.0 Å². The first kappa shape index (κ1) is 20.5. The SMILES string of the molecule is CC(C)COC(=O)N(C)[C@@H]1CCN(C(=O)OC2CC3CCC(C2)N3C(N)=O)C1. The molecule has 0 aliphatic carbocycles. The Kier molecular flexibility index (Phi) is 6.20. The molecule has 3 atom stereocenters. The number of ether oxygens (including phenoxy) is 2. The van der Waals surface area contributed by atoms with Crippen LogP contribution in [0.4, 0.5) is 14.4 Å². The van der Waals surface area contributed by atoms with E-state index in [9.17, 15) is 14.4 Å². The number of rotatable bonds is 4. The number of hydrogen-bond acceptors (Lipinski definition) is 5. The molecule has 4 amide bonds. The van der Waals surface area contributed by atoms with Crippen LogP contribution >= 0.6 is 0 Å². The minimum atomic E-state index is -0.382. The highest BCUT2D eigenvalue weighted by molar-refractivity contribution is 5.73. The molecular weight excluding hydrogens is 364 g/mol. The second-order valence-corrected chi connectivity index (χ2v) is 8.58. The molecule has 3 aliphatic rings. The van der Waals surface area contributed by atoms with Crippen molar-refractivity contribution in [2.24, 2.45) is 11.7 Å². The second kappa shape index (κ2) is 8.45. The van der Waals surface area contributed by atoms with Crippen molar-refractivity contribution >= 4 is 18.2 Å². The third-order valence-electron chi connectivity index (χ3n) is 6.01. The first-order valence-electron chi connectivity index (χ1n) is 10.2. The number of carbonyl (C=O) groups excluding carboxylic acids is 3. The Balaban J connectivity index is 1.46. The molecule has 2 bridgehead atoms. The predicted molar refractivity (Wildman–Crippen MR) is 102 cm³/mol. The van der Waals surface area contributed by atoms with Crippen molar-refractivity contribution in [2.75, 3.05) is 26.7 Å². The average molecular weight is 396 g/mol. The zero-order valence-corrected chi connectivity index (χ0v) is 17.0. The fourth-order valence-electron chi connectivity index (χ4n) is 4.51. The molecule has 158 valence electrons. The first-order valence-corrected chi connectivity index (χ1v) is 10.2. The van der Waals surface area contributed by atoms with E-state index in [1.54, 1.807) is 21.7 Å². The topological polar surface area (TPSA) is 105 Å². The van der Waals surface area contributed by atoms with Gasteiger partial charge in [-0.3, -0.25) is 0 Å². The third-order valence-corrected chi connectivity index (χ3v) is 6.01. The molecule has 3 rings (SSSR count). The van der Waals surface area contributed by atoms with Gasteiger partial charge >= 0.3 is 18.2 Å². The summed E-state index contributed by atoms with van der Waals surface area (Å²) in [4.78, 5) is 41.2. The lowest BCUT2D eigenvalue weighted by Gasteiger charge is -2.37. The van der Waals surface area contributed by atoms with Crippen LogP contribution in [0.1, 0.15) is 46.0 Å². The van der Waals surface area contributed by atoms with E-state index in [1.165, 1.54) is 0 Å². The van der Waals surface area contributed by atoms with Crippen LogP contribution in [0.2, 0.25) is 0 Å². The van der Waals surface area contributed by atoms with Crippen molar-refractivity contribution < 1.29 is 23.9 Å². The Labute approximate surface area is 166 Å². The van der Waals surface area contributed by atoms with Crippen LogP contribution in [-0.4, -0.2) is 83.9 Å². The summed E-state index contributed by atoms with van der Waals surface area (Å²) in [6.07, 6.45) is 2.93. The Morgan fingerprint density at radius 3 is 2.36 bits per heavy atom. The fourth-order valence-corrected chi connectivity index (χ4v) is 4.51. The molecule has 0 aromatic heterocycles. The van der Waals surface area contributed by atoms with E-state index in [1.807, 2.05) is 13.8 Å². The normalized spacial score (nSPS) is 29.1. The van der Waals surface area contributed by atoms with Crippen molar-refractivity contribution in [3.05, 3.63) is 0 Å². The summed E-state index contributed by atoms with van der Waals surface area (Å²) >= 11 is 0. The number of fused-ring (bicyclic) bond motifs is 2. The number of nitrogens with zero attached hydrogens (tertiary/aromatic N) is 3. The van der Waals surface area contributed by atoms with Gasteiger partial charge in [0.05, 0.1) is 12.6 Å². The Morgan fingerprint density at radius 2 is 1.79 bits per heavy atom. The molecule has 3 heterocycles. The van der Waals surface area contributed by atoms with Gasteiger partial charge < -0.3 is 29.9 Å². The number of carbonyl (C=O) groups is 3. The highest BCUT2D eigenvalue weighted by Crippen LogP contribution is 2.37. The molecule has 9 heteroatoms. The molecule has 2 unspecified atom stereocenters. The average Bonchev–Trinajstić information content (AvgIpc) is 3.22. The van der Waals surface area contributed by atoms with Crippen molar-refractivity contribution in [3.63, 3.8) is 0 Å². The van der Waals surface area contributed by atoms with Crippen molar-refractivity contribution in [1.82, 2.24) is 14.7 Å². The highest BCUT2D eigenvalue weighted by atomic mass is 16.6. The summed E-state index contributed by atoms with van der Waals surface area (Å²) in [5, 5.41) is 0. The van der Waals surface area contributed by atoms with Gasteiger partial charge in [0.2, 0.25) is 0 Å². The van der Waals surface area contributed by atoms with Gasteiger partial charge in [0.1, 0.15) is 6.10 Å². The number of piperidine rings is 1. The molecule has 0 aromatic rings. The zero-order valence-electron chi connectivity index (χ0n) is 17.0. The molecule has 2 N–H and O–H groups in total. The van der Waals surface area contributed by atoms with Crippen molar-refractivity contribution in [2.45, 2.75) is 70.2 Å². The van der Waals surface area contributed by atoms with E-state index in [4.69, 9.17) is 15.2 Å². The number of hydrogen-bond donors (Lipinski definition) is 1. The van der Waals surface area contributed by atoms with Gasteiger partial charge in [0, 0.05) is 45.1 Å². The van der Waals surface area contributed by atoms with E-state index in [2.05, 4.69) is 0 Å². The maximum absolute atomic E-state index is 12.6. The van der Waals surface area contributed by atoms with Crippen LogP contribution in [0.15, 0.2) is 0 Å². The van der Waals surface area contributed by atoms with Crippen LogP contribution in [-0.2, 0) is 9.47 Å². The summed E-state index contributed by atoms with van der Waals surface area (Å²) in [6, 6.07) is -0.309. The van der Waals surface area contributed by atoms with Crippen LogP contribution in [0.3, 0.4) is 0 Å². The molecule has 3 aliphatic heterocycles. The number of primary amides is 1. The van der Waals surface area contributed by atoms with Gasteiger partial charge in [-0.25, -0.2) is 14.4 Å². The third kappa shape index (κ3) is 4.44. The minimum Gasteiger partial charge on any atom is -0.449 e. The maximum atomic E-state index is 12.6.